The molecular weight excluding hydrogens is 274 g/mol. The van der Waals surface area contributed by atoms with Gasteiger partial charge in [-0.1, -0.05) is 41.5 Å². The lowest BCUT2D eigenvalue weighted by Gasteiger charge is -2.27. The van der Waals surface area contributed by atoms with Gasteiger partial charge in [0.1, 0.15) is 0 Å². The lowest BCUT2D eigenvalue weighted by atomic mass is 9.92. The first kappa shape index (κ1) is 19.3. The quantitative estimate of drug-likeness (QED) is 0.785. The molecule has 0 aliphatic heterocycles. The Kier molecular flexibility index (Phi) is 5.39. The highest BCUT2D eigenvalue weighted by Crippen LogP contribution is 2.26. The number of Topliss-reactive ketones (excluding diaryl/α,β-unsaturated/α-hetero) is 1. The molecule has 0 aromatic heterocycles. The molecule has 1 atom stereocenters. The van der Waals surface area contributed by atoms with Crippen LogP contribution in [0.3, 0.4) is 0 Å². The van der Waals surface area contributed by atoms with Crippen LogP contribution in [0, 0.1) is 10.8 Å². The average molecular weight is 303 g/mol. The van der Waals surface area contributed by atoms with E-state index in [-0.39, 0.29) is 11.5 Å². The Hall–Kier alpha value is -0.710. The molecule has 0 aliphatic carbocycles. The van der Waals surface area contributed by atoms with Crippen LogP contribution in [-0.2, 0) is 19.3 Å². The highest BCUT2D eigenvalue weighted by atomic mass is 32.2. The van der Waals surface area contributed by atoms with E-state index in [2.05, 4.69) is 4.36 Å². The molecule has 1 amide bonds. The van der Waals surface area contributed by atoms with Crippen LogP contribution in [0.2, 0.25) is 0 Å². The predicted molar refractivity (Wildman–Crippen MR) is 84.1 cm³/mol. The maximum Gasteiger partial charge on any atom is 0.259 e. The van der Waals surface area contributed by atoms with E-state index in [1.165, 1.54) is 0 Å². The van der Waals surface area contributed by atoms with Gasteiger partial charge < -0.3 is 0 Å². The molecule has 0 bridgehead atoms. The minimum atomic E-state index is -2.94. The number of amides is 1. The molecule has 4 nitrogen and oxygen atoms in total. The van der Waals surface area contributed by atoms with Crippen LogP contribution in [0.4, 0.5) is 0 Å². The first-order valence-electron chi connectivity index (χ1n) is 6.83. The molecule has 5 heteroatoms. The van der Waals surface area contributed by atoms with Gasteiger partial charge in [0.05, 0.1) is 15.5 Å². The zero-order chi connectivity index (χ0) is 16.6. The van der Waals surface area contributed by atoms with Crippen LogP contribution in [-0.4, -0.2) is 26.4 Å². The Morgan fingerprint density at radius 1 is 0.850 bits per heavy atom. The lowest BCUT2D eigenvalue weighted by molar-refractivity contribution is -0.124. The van der Waals surface area contributed by atoms with E-state index in [9.17, 15) is 13.8 Å². The summed E-state index contributed by atoms with van der Waals surface area (Å²) in [5, 5.41) is 0. The summed E-state index contributed by atoms with van der Waals surface area (Å²) in [4.78, 5) is 24.3. The van der Waals surface area contributed by atoms with E-state index < -0.39 is 31.2 Å². The van der Waals surface area contributed by atoms with Crippen molar-refractivity contribution in [1.82, 2.24) is 0 Å². The third kappa shape index (κ3) is 5.00. The first-order chi connectivity index (χ1) is 8.51. The van der Waals surface area contributed by atoms with Crippen molar-refractivity contribution >= 4 is 21.4 Å². The van der Waals surface area contributed by atoms with Crippen molar-refractivity contribution in [2.75, 3.05) is 5.75 Å². The molecule has 0 radical (unpaired) electrons. The van der Waals surface area contributed by atoms with Crippen LogP contribution < -0.4 is 0 Å². The molecule has 1 unspecified atom stereocenters. The average Bonchev–Trinajstić information content (AvgIpc) is 2.12. The van der Waals surface area contributed by atoms with E-state index in [0.717, 1.165) is 0 Å². The van der Waals surface area contributed by atoms with E-state index in [1.54, 1.807) is 62.3 Å². The van der Waals surface area contributed by atoms with Gasteiger partial charge in [-0.25, -0.2) is 4.21 Å². The molecule has 0 heterocycles. The third-order valence-corrected chi connectivity index (χ3v) is 6.02. The monoisotopic (exact) mass is 303 g/mol. The van der Waals surface area contributed by atoms with E-state index in [1.807, 2.05) is 0 Å². The number of carbonyl (C=O) groups is 2. The normalized spacial score (nSPS) is 16.4. The van der Waals surface area contributed by atoms with Crippen molar-refractivity contribution in [2.45, 2.75) is 67.1 Å². The summed E-state index contributed by atoms with van der Waals surface area (Å²) < 4.78 is 16.4. The van der Waals surface area contributed by atoms with Crippen molar-refractivity contribution in [1.29, 1.82) is 0 Å². The van der Waals surface area contributed by atoms with Crippen molar-refractivity contribution in [3.8, 4) is 0 Å². The van der Waals surface area contributed by atoms with Gasteiger partial charge in [-0.2, -0.15) is 4.36 Å². The number of hydrogen-bond acceptors (Lipinski definition) is 3. The Labute approximate surface area is 123 Å². The first-order valence-corrected chi connectivity index (χ1v) is 8.51. The van der Waals surface area contributed by atoms with Crippen LogP contribution in [0.15, 0.2) is 4.36 Å². The van der Waals surface area contributed by atoms with Gasteiger partial charge in [-0.15, -0.1) is 0 Å². The van der Waals surface area contributed by atoms with Gasteiger partial charge in [0.15, 0.2) is 5.78 Å². The summed E-state index contributed by atoms with van der Waals surface area (Å²) >= 11 is 0. The van der Waals surface area contributed by atoms with Crippen molar-refractivity contribution in [2.24, 2.45) is 15.2 Å². The molecule has 0 fully saturated rings. The minimum Gasteiger partial charge on any atom is -0.298 e. The minimum absolute atomic E-state index is 0.136. The number of carbonyl (C=O) groups excluding carboxylic acids is 2. The zero-order valence-electron chi connectivity index (χ0n) is 14.3. The molecule has 0 aromatic rings. The Morgan fingerprint density at radius 3 is 1.50 bits per heavy atom. The molecule has 118 valence electrons. The van der Waals surface area contributed by atoms with Crippen LogP contribution in [0.1, 0.15) is 62.3 Å². The Morgan fingerprint density at radius 2 is 1.25 bits per heavy atom. The largest absolute Gasteiger partial charge is 0.298 e. The topological polar surface area (TPSA) is 63.6 Å². The van der Waals surface area contributed by atoms with E-state index in [4.69, 9.17) is 0 Å². The Bertz CT molecular complexity index is 505. The molecule has 0 saturated heterocycles. The molecule has 0 aromatic carbocycles. The maximum atomic E-state index is 13.1. The highest BCUT2D eigenvalue weighted by molar-refractivity contribution is 7.95. The second kappa shape index (κ2) is 5.58. The smallest absolute Gasteiger partial charge is 0.259 e. The van der Waals surface area contributed by atoms with Gasteiger partial charge in [-0.3, -0.25) is 9.59 Å². The summed E-state index contributed by atoms with van der Waals surface area (Å²) in [5.74, 6) is -0.732. The molecule has 0 aliphatic rings. The fourth-order valence-corrected chi connectivity index (χ4v) is 3.15. The van der Waals surface area contributed by atoms with Gasteiger partial charge in [0.2, 0.25) is 0 Å². The SMILES string of the molecule is CC(C)(C)C(=O)CS(=O)(=NC(=O)C(C)(C)C)C(C)(C)C. The van der Waals surface area contributed by atoms with Crippen LogP contribution in [0.25, 0.3) is 0 Å². The molecular formula is C15H29NO3S. The molecule has 20 heavy (non-hydrogen) atoms. The molecule has 0 spiro atoms. The second-order valence-corrected chi connectivity index (χ2v) is 11.2. The third-order valence-electron chi connectivity index (χ3n) is 2.99. The summed E-state index contributed by atoms with van der Waals surface area (Å²) in [5.41, 5.74) is -1.28. The molecule has 0 N–H and O–H groups in total. The molecule has 0 rings (SSSR count). The Balaban J connectivity index is 5.83. The van der Waals surface area contributed by atoms with Crippen molar-refractivity contribution < 1.29 is 13.8 Å². The van der Waals surface area contributed by atoms with Crippen LogP contribution in [0.5, 0.6) is 0 Å². The van der Waals surface area contributed by atoms with Crippen LogP contribution >= 0.6 is 0 Å². The number of hydrogen-bond donors (Lipinski definition) is 0. The molecule has 0 saturated carbocycles. The van der Waals surface area contributed by atoms with E-state index in [0.29, 0.717) is 0 Å². The number of nitrogens with zero attached hydrogens (tertiary/aromatic N) is 1. The number of ketones is 1. The summed E-state index contributed by atoms with van der Waals surface area (Å²) in [6.45, 7) is 15.8. The maximum absolute atomic E-state index is 13.1. The second-order valence-electron chi connectivity index (χ2n) is 8.22. The van der Waals surface area contributed by atoms with E-state index >= 15 is 0 Å². The van der Waals surface area contributed by atoms with Gasteiger partial charge in [0.25, 0.3) is 5.91 Å². The lowest BCUT2D eigenvalue weighted by Crippen LogP contribution is -2.38. The zero-order valence-corrected chi connectivity index (χ0v) is 15.1. The standard InChI is InChI=1S/C15H29NO3S/c1-13(2,3)11(17)10-20(19,15(7,8)9)16-12(18)14(4,5)6/h10H2,1-9H3. The predicted octanol–water partition coefficient (Wildman–Crippen LogP) is 3.44. The summed E-state index contributed by atoms with van der Waals surface area (Å²) in [6, 6.07) is 0. The van der Waals surface area contributed by atoms with Crippen molar-refractivity contribution in [3.05, 3.63) is 0 Å². The van der Waals surface area contributed by atoms with Gasteiger partial charge >= 0.3 is 0 Å². The fourth-order valence-electron chi connectivity index (χ4n) is 1.05. The fraction of sp³-hybridized carbons (Fsp3) is 0.867. The number of rotatable bonds is 2. The van der Waals surface area contributed by atoms with Gasteiger partial charge in [0, 0.05) is 15.6 Å². The summed E-state index contributed by atoms with van der Waals surface area (Å²) in [7, 11) is -2.94. The van der Waals surface area contributed by atoms with Crippen molar-refractivity contribution in [3.63, 3.8) is 0 Å². The highest BCUT2D eigenvalue weighted by Gasteiger charge is 2.35. The van der Waals surface area contributed by atoms with Gasteiger partial charge in [-0.05, 0) is 20.8 Å². The summed E-state index contributed by atoms with van der Waals surface area (Å²) in [6.07, 6.45) is 0.